The van der Waals surface area contributed by atoms with E-state index in [1.54, 1.807) is 7.11 Å². The van der Waals surface area contributed by atoms with Crippen molar-refractivity contribution in [2.45, 2.75) is 19.8 Å². The maximum absolute atomic E-state index is 12.0. The van der Waals surface area contributed by atoms with E-state index in [2.05, 4.69) is 10.6 Å². The van der Waals surface area contributed by atoms with Crippen molar-refractivity contribution in [3.8, 4) is 0 Å². The topological polar surface area (TPSA) is 50.4 Å². The first-order valence-electron chi connectivity index (χ1n) is 6.24. The van der Waals surface area contributed by atoms with Crippen LogP contribution in [0, 0.1) is 6.92 Å². The normalized spacial score (nSPS) is 10.2. The molecule has 1 rings (SSSR count). The van der Waals surface area contributed by atoms with Gasteiger partial charge in [-0.25, -0.2) is 0 Å². The Balaban J connectivity index is 2.52. The molecule has 0 unspecified atom stereocenters. The fraction of sp³-hybridized carbons (Fsp3) is 0.500. The smallest absolute Gasteiger partial charge is 0.253 e. The molecular formula is C14H22N2O2. The molecule has 0 aliphatic carbocycles. The molecule has 100 valence electrons. The van der Waals surface area contributed by atoms with E-state index >= 15 is 0 Å². The van der Waals surface area contributed by atoms with Gasteiger partial charge in [0.25, 0.3) is 5.91 Å². The average molecular weight is 250 g/mol. The standard InChI is InChI=1S/C14H22N2O2/c1-11-6-7-13(15-2)12(10-11)14(17)16-8-4-5-9-18-3/h6-7,10,15H,4-5,8-9H2,1-3H3,(H,16,17). The number of carbonyl (C=O) groups is 1. The molecule has 0 fully saturated rings. The van der Waals surface area contributed by atoms with Gasteiger partial charge >= 0.3 is 0 Å². The second kappa shape index (κ2) is 7.71. The lowest BCUT2D eigenvalue weighted by Crippen LogP contribution is -2.25. The van der Waals surface area contributed by atoms with Crippen molar-refractivity contribution >= 4 is 11.6 Å². The zero-order chi connectivity index (χ0) is 13.4. The Morgan fingerprint density at radius 2 is 2.11 bits per heavy atom. The highest BCUT2D eigenvalue weighted by atomic mass is 16.5. The predicted molar refractivity (Wildman–Crippen MR) is 74.2 cm³/mol. The number of carbonyl (C=O) groups excluding carboxylic acids is 1. The summed E-state index contributed by atoms with van der Waals surface area (Å²) in [5.41, 5.74) is 2.64. The van der Waals surface area contributed by atoms with Crippen LogP contribution in [0.3, 0.4) is 0 Å². The minimum Gasteiger partial charge on any atom is -0.387 e. The molecule has 0 saturated heterocycles. The van der Waals surface area contributed by atoms with Crippen LogP contribution in [-0.2, 0) is 4.74 Å². The van der Waals surface area contributed by atoms with Gasteiger partial charge in [0, 0.05) is 33.0 Å². The van der Waals surface area contributed by atoms with Crippen LogP contribution >= 0.6 is 0 Å². The van der Waals surface area contributed by atoms with Gasteiger partial charge in [0.1, 0.15) is 0 Å². The number of amides is 1. The Morgan fingerprint density at radius 3 is 2.78 bits per heavy atom. The van der Waals surface area contributed by atoms with E-state index in [4.69, 9.17) is 4.74 Å². The average Bonchev–Trinajstić information content (AvgIpc) is 2.38. The Morgan fingerprint density at radius 1 is 1.33 bits per heavy atom. The molecule has 18 heavy (non-hydrogen) atoms. The van der Waals surface area contributed by atoms with Gasteiger partial charge in [-0.2, -0.15) is 0 Å². The van der Waals surface area contributed by atoms with Crippen LogP contribution < -0.4 is 10.6 Å². The van der Waals surface area contributed by atoms with Gasteiger partial charge in [0.05, 0.1) is 5.56 Å². The fourth-order valence-corrected chi connectivity index (χ4v) is 1.73. The third kappa shape index (κ3) is 4.37. The zero-order valence-electron chi connectivity index (χ0n) is 11.4. The number of hydrogen-bond donors (Lipinski definition) is 2. The quantitative estimate of drug-likeness (QED) is 0.729. The van der Waals surface area contributed by atoms with E-state index in [0.29, 0.717) is 12.1 Å². The van der Waals surface area contributed by atoms with Gasteiger partial charge in [0.2, 0.25) is 0 Å². The van der Waals surface area contributed by atoms with Crippen molar-refractivity contribution in [2.75, 3.05) is 32.6 Å². The largest absolute Gasteiger partial charge is 0.387 e. The molecule has 0 aliphatic rings. The minimum atomic E-state index is -0.0273. The van der Waals surface area contributed by atoms with Gasteiger partial charge in [-0.1, -0.05) is 11.6 Å². The molecule has 4 nitrogen and oxygen atoms in total. The summed E-state index contributed by atoms with van der Waals surface area (Å²) in [5.74, 6) is -0.0273. The van der Waals surface area contributed by atoms with Gasteiger partial charge in [0.15, 0.2) is 0 Å². The maximum Gasteiger partial charge on any atom is 0.253 e. The number of unbranched alkanes of at least 4 members (excludes halogenated alkanes) is 1. The zero-order valence-corrected chi connectivity index (χ0v) is 11.4. The van der Waals surface area contributed by atoms with Crippen LogP contribution in [0.1, 0.15) is 28.8 Å². The van der Waals surface area contributed by atoms with Crippen molar-refractivity contribution in [1.29, 1.82) is 0 Å². The molecule has 0 saturated carbocycles. The lowest BCUT2D eigenvalue weighted by molar-refractivity contribution is 0.0952. The molecule has 1 amide bonds. The van der Waals surface area contributed by atoms with E-state index in [9.17, 15) is 4.79 Å². The molecule has 0 radical (unpaired) electrons. The Kier molecular flexibility index (Phi) is 6.22. The molecule has 0 spiro atoms. The first-order valence-corrected chi connectivity index (χ1v) is 6.24. The van der Waals surface area contributed by atoms with Crippen molar-refractivity contribution in [3.63, 3.8) is 0 Å². The van der Waals surface area contributed by atoms with Crippen molar-refractivity contribution in [1.82, 2.24) is 5.32 Å². The fourth-order valence-electron chi connectivity index (χ4n) is 1.73. The summed E-state index contributed by atoms with van der Waals surface area (Å²) >= 11 is 0. The Hall–Kier alpha value is -1.55. The van der Waals surface area contributed by atoms with E-state index in [-0.39, 0.29) is 5.91 Å². The van der Waals surface area contributed by atoms with E-state index < -0.39 is 0 Å². The highest BCUT2D eigenvalue weighted by Crippen LogP contribution is 2.16. The summed E-state index contributed by atoms with van der Waals surface area (Å²) in [6.07, 6.45) is 1.89. The molecule has 0 aliphatic heterocycles. The van der Waals surface area contributed by atoms with E-state index in [1.165, 1.54) is 0 Å². The molecule has 1 aromatic carbocycles. The first kappa shape index (κ1) is 14.5. The summed E-state index contributed by atoms with van der Waals surface area (Å²) in [6, 6.07) is 5.81. The monoisotopic (exact) mass is 250 g/mol. The molecule has 1 aromatic rings. The van der Waals surface area contributed by atoms with Crippen LogP contribution in [0.25, 0.3) is 0 Å². The first-order chi connectivity index (χ1) is 8.69. The van der Waals surface area contributed by atoms with Crippen molar-refractivity contribution in [2.24, 2.45) is 0 Å². The number of benzene rings is 1. The second-order valence-corrected chi connectivity index (χ2v) is 4.25. The molecule has 0 aromatic heterocycles. The van der Waals surface area contributed by atoms with Gasteiger partial charge in [-0.3, -0.25) is 4.79 Å². The summed E-state index contributed by atoms with van der Waals surface area (Å²) < 4.78 is 4.96. The number of anilines is 1. The van der Waals surface area contributed by atoms with Gasteiger partial charge < -0.3 is 15.4 Å². The van der Waals surface area contributed by atoms with Gasteiger partial charge in [-0.15, -0.1) is 0 Å². The highest BCUT2D eigenvalue weighted by Gasteiger charge is 2.09. The van der Waals surface area contributed by atoms with E-state index in [1.807, 2.05) is 32.2 Å². The number of nitrogens with one attached hydrogen (secondary N) is 2. The molecule has 0 atom stereocenters. The lowest BCUT2D eigenvalue weighted by Gasteiger charge is -2.10. The number of aryl methyl sites for hydroxylation is 1. The number of methoxy groups -OCH3 is 1. The molecule has 2 N–H and O–H groups in total. The number of rotatable bonds is 7. The van der Waals surface area contributed by atoms with Crippen molar-refractivity contribution < 1.29 is 9.53 Å². The third-order valence-electron chi connectivity index (χ3n) is 2.75. The minimum absolute atomic E-state index is 0.0273. The SMILES string of the molecule is CNc1ccc(C)cc1C(=O)NCCCCOC. The van der Waals surface area contributed by atoms with Crippen LogP contribution in [0.2, 0.25) is 0 Å². The molecule has 4 heteroatoms. The lowest BCUT2D eigenvalue weighted by atomic mass is 10.1. The maximum atomic E-state index is 12.0. The van der Waals surface area contributed by atoms with Crippen LogP contribution in [0.15, 0.2) is 18.2 Å². The molecular weight excluding hydrogens is 228 g/mol. The van der Waals surface area contributed by atoms with Crippen LogP contribution in [0.4, 0.5) is 5.69 Å². The second-order valence-electron chi connectivity index (χ2n) is 4.25. The van der Waals surface area contributed by atoms with Gasteiger partial charge in [-0.05, 0) is 31.9 Å². The summed E-state index contributed by atoms with van der Waals surface area (Å²) in [6.45, 7) is 3.40. The Bertz CT molecular complexity index is 391. The predicted octanol–water partition coefficient (Wildman–Crippen LogP) is 2.19. The molecule has 0 bridgehead atoms. The summed E-state index contributed by atoms with van der Waals surface area (Å²) in [4.78, 5) is 12.0. The Labute approximate surface area is 109 Å². The van der Waals surface area contributed by atoms with Crippen molar-refractivity contribution in [3.05, 3.63) is 29.3 Å². The summed E-state index contributed by atoms with van der Waals surface area (Å²) in [7, 11) is 3.50. The number of ether oxygens (including phenoxy) is 1. The highest BCUT2D eigenvalue weighted by molar-refractivity contribution is 5.99. The third-order valence-corrected chi connectivity index (χ3v) is 2.75. The summed E-state index contributed by atoms with van der Waals surface area (Å²) in [5, 5.41) is 5.96. The van der Waals surface area contributed by atoms with Crippen LogP contribution in [0.5, 0.6) is 0 Å². The number of hydrogen-bond acceptors (Lipinski definition) is 3. The molecule has 0 heterocycles. The van der Waals surface area contributed by atoms with E-state index in [0.717, 1.165) is 30.7 Å². The van der Waals surface area contributed by atoms with Crippen LogP contribution in [-0.4, -0.2) is 33.2 Å².